The Bertz CT molecular complexity index is 496. The molecule has 20 heavy (non-hydrogen) atoms. The number of thioether (sulfide) groups is 1. The third-order valence-corrected chi connectivity index (χ3v) is 3.90. The largest absolute Gasteiger partial charge is 0.573 e. The van der Waals surface area contributed by atoms with Crippen LogP contribution in [0.15, 0.2) is 24.3 Å². The first-order valence-electron chi connectivity index (χ1n) is 5.91. The third kappa shape index (κ3) is 3.72. The minimum Gasteiger partial charge on any atom is -0.404 e. The average Bonchev–Trinajstić information content (AvgIpc) is 2.76. The first-order valence-corrected chi connectivity index (χ1v) is 6.96. The topological polar surface area (TPSA) is 41.6 Å². The molecular weight excluding hydrogens is 293 g/mol. The summed E-state index contributed by atoms with van der Waals surface area (Å²) in [7, 11) is 0. The molecule has 0 saturated carbocycles. The molecule has 1 unspecified atom stereocenters. The van der Waals surface area contributed by atoms with Gasteiger partial charge in [-0.05, 0) is 19.1 Å². The average molecular weight is 306 g/mol. The van der Waals surface area contributed by atoms with Crippen LogP contribution in [0.4, 0.5) is 23.7 Å². The molecule has 1 atom stereocenters. The van der Waals surface area contributed by atoms with Crippen LogP contribution in [0.1, 0.15) is 6.92 Å². The van der Waals surface area contributed by atoms with Crippen molar-refractivity contribution in [1.29, 1.82) is 0 Å². The van der Waals surface area contributed by atoms with Crippen LogP contribution in [0.2, 0.25) is 0 Å². The van der Waals surface area contributed by atoms with Crippen molar-refractivity contribution in [3.8, 4) is 5.75 Å². The van der Waals surface area contributed by atoms with E-state index in [1.54, 1.807) is 16.7 Å². The molecular formula is C12H13F3N2O2S. The van der Waals surface area contributed by atoms with E-state index in [1.807, 2.05) is 6.92 Å². The first kappa shape index (κ1) is 14.8. The molecule has 8 heteroatoms. The summed E-state index contributed by atoms with van der Waals surface area (Å²) in [6.07, 6.45) is -4.79. The summed E-state index contributed by atoms with van der Waals surface area (Å²) in [4.78, 5) is 13.6. The molecule has 0 radical (unpaired) electrons. The van der Waals surface area contributed by atoms with E-state index < -0.39 is 18.1 Å². The van der Waals surface area contributed by atoms with Crippen molar-refractivity contribution in [3.05, 3.63) is 24.3 Å². The number of alkyl halides is 3. The number of nitrogens with zero attached hydrogens (tertiary/aromatic N) is 1. The number of carbonyl (C=O) groups excluding carboxylic acids is 1. The highest BCUT2D eigenvalue weighted by Gasteiger charge is 2.33. The number of amides is 2. The number of para-hydroxylation sites is 2. The first-order chi connectivity index (χ1) is 9.37. The fraction of sp³-hybridized carbons (Fsp3) is 0.417. The summed E-state index contributed by atoms with van der Waals surface area (Å²) in [5.41, 5.74) is -0.000995. The summed E-state index contributed by atoms with van der Waals surface area (Å²) in [6.45, 7) is 2.44. The van der Waals surface area contributed by atoms with Crippen LogP contribution in [-0.4, -0.2) is 35.0 Å². The van der Waals surface area contributed by atoms with E-state index in [9.17, 15) is 18.0 Å². The Balaban J connectivity index is 2.11. The molecule has 1 fully saturated rings. The number of carbonyl (C=O) groups is 1. The van der Waals surface area contributed by atoms with Crippen molar-refractivity contribution in [1.82, 2.24) is 4.90 Å². The van der Waals surface area contributed by atoms with Gasteiger partial charge in [0.2, 0.25) is 0 Å². The molecule has 1 aromatic rings. The van der Waals surface area contributed by atoms with Crippen molar-refractivity contribution in [2.24, 2.45) is 0 Å². The predicted molar refractivity (Wildman–Crippen MR) is 70.8 cm³/mol. The lowest BCUT2D eigenvalue weighted by atomic mass is 10.3. The van der Waals surface area contributed by atoms with Gasteiger partial charge < -0.3 is 15.0 Å². The number of hydrogen-bond acceptors (Lipinski definition) is 3. The molecule has 0 spiro atoms. The van der Waals surface area contributed by atoms with E-state index in [1.165, 1.54) is 18.2 Å². The van der Waals surface area contributed by atoms with E-state index >= 15 is 0 Å². The van der Waals surface area contributed by atoms with Crippen molar-refractivity contribution < 1.29 is 22.7 Å². The van der Waals surface area contributed by atoms with Gasteiger partial charge in [0.05, 0.1) is 11.1 Å². The number of halogens is 3. The van der Waals surface area contributed by atoms with Crippen LogP contribution in [0.25, 0.3) is 0 Å². The Hall–Kier alpha value is -1.57. The van der Waals surface area contributed by atoms with Crippen LogP contribution in [0.3, 0.4) is 0 Å². The summed E-state index contributed by atoms with van der Waals surface area (Å²) < 4.78 is 40.7. The molecule has 110 valence electrons. The van der Waals surface area contributed by atoms with E-state index in [2.05, 4.69) is 10.1 Å². The number of benzene rings is 1. The standard InChI is InChI=1S/C12H13F3N2O2S/c1-8-17(6-7-20-8)11(18)16-9-4-2-3-5-10(9)19-12(13,14)15/h2-5,8H,6-7H2,1H3,(H,16,18). The molecule has 1 aromatic carbocycles. The van der Waals surface area contributed by atoms with Gasteiger partial charge >= 0.3 is 12.4 Å². The zero-order valence-electron chi connectivity index (χ0n) is 10.6. The summed E-state index contributed by atoms with van der Waals surface area (Å²) in [5.74, 6) is 0.391. The molecule has 1 aliphatic heterocycles. The van der Waals surface area contributed by atoms with Crippen LogP contribution in [-0.2, 0) is 0 Å². The van der Waals surface area contributed by atoms with E-state index in [0.717, 1.165) is 11.8 Å². The van der Waals surface area contributed by atoms with Crippen LogP contribution < -0.4 is 10.1 Å². The number of nitrogens with one attached hydrogen (secondary N) is 1. The van der Waals surface area contributed by atoms with E-state index in [-0.39, 0.29) is 11.1 Å². The Kier molecular flexibility index (Phi) is 4.32. The van der Waals surface area contributed by atoms with E-state index in [4.69, 9.17) is 0 Å². The van der Waals surface area contributed by atoms with E-state index in [0.29, 0.717) is 6.54 Å². The van der Waals surface area contributed by atoms with Gasteiger partial charge in [0.1, 0.15) is 0 Å². The maximum absolute atomic E-state index is 12.3. The molecule has 0 bridgehead atoms. The van der Waals surface area contributed by atoms with Gasteiger partial charge in [-0.2, -0.15) is 0 Å². The summed E-state index contributed by atoms with van der Waals surface area (Å²) in [5, 5.41) is 2.46. The minimum atomic E-state index is -4.79. The minimum absolute atomic E-state index is 0.000995. The van der Waals surface area contributed by atoms with Crippen LogP contribution in [0.5, 0.6) is 5.75 Å². The third-order valence-electron chi connectivity index (χ3n) is 2.75. The van der Waals surface area contributed by atoms with Gasteiger partial charge in [0.15, 0.2) is 5.75 Å². The lowest BCUT2D eigenvalue weighted by molar-refractivity contribution is -0.274. The summed E-state index contributed by atoms with van der Waals surface area (Å²) >= 11 is 1.61. The second-order valence-corrected chi connectivity index (χ2v) is 5.56. The monoisotopic (exact) mass is 306 g/mol. The second-order valence-electron chi connectivity index (χ2n) is 4.14. The lowest BCUT2D eigenvalue weighted by Gasteiger charge is -2.22. The van der Waals surface area contributed by atoms with Crippen LogP contribution >= 0.6 is 11.8 Å². The highest BCUT2D eigenvalue weighted by molar-refractivity contribution is 8.00. The van der Waals surface area contributed by atoms with Gasteiger partial charge in [-0.25, -0.2) is 4.79 Å². The predicted octanol–water partition coefficient (Wildman–Crippen LogP) is 3.51. The van der Waals surface area contributed by atoms with Gasteiger partial charge in [-0.3, -0.25) is 0 Å². The highest BCUT2D eigenvalue weighted by Crippen LogP contribution is 2.31. The molecule has 2 rings (SSSR count). The highest BCUT2D eigenvalue weighted by atomic mass is 32.2. The maximum atomic E-state index is 12.3. The molecule has 1 heterocycles. The molecule has 0 aliphatic carbocycles. The Morgan fingerprint density at radius 3 is 2.75 bits per heavy atom. The fourth-order valence-electron chi connectivity index (χ4n) is 1.83. The molecule has 1 N–H and O–H groups in total. The van der Waals surface area contributed by atoms with Crippen molar-refractivity contribution in [2.75, 3.05) is 17.6 Å². The van der Waals surface area contributed by atoms with Gasteiger partial charge in [0.25, 0.3) is 0 Å². The molecule has 1 aliphatic rings. The fourth-order valence-corrected chi connectivity index (χ4v) is 2.85. The number of rotatable bonds is 2. The van der Waals surface area contributed by atoms with Crippen molar-refractivity contribution in [3.63, 3.8) is 0 Å². The molecule has 1 saturated heterocycles. The number of ether oxygens (including phenoxy) is 1. The Morgan fingerprint density at radius 2 is 2.15 bits per heavy atom. The smallest absolute Gasteiger partial charge is 0.404 e. The van der Waals surface area contributed by atoms with Gasteiger partial charge in [0, 0.05) is 12.3 Å². The molecule has 2 amide bonds. The number of urea groups is 1. The van der Waals surface area contributed by atoms with Gasteiger partial charge in [-0.15, -0.1) is 24.9 Å². The zero-order valence-corrected chi connectivity index (χ0v) is 11.4. The van der Waals surface area contributed by atoms with Crippen molar-refractivity contribution in [2.45, 2.75) is 18.7 Å². The van der Waals surface area contributed by atoms with Crippen LogP contribution in [0, 0.1) is 0 Å². The maximum Gasteiger partial charge on any atom is 0.573 e. The Labute approximate surface area is 118 Å². The normalized spacial score (nSPS) is 19.0. The van der Waals surface area contributed by atoms with Gasteiger partial charge in [-0.1, -0.05) is 12.1 Å². The zero-order chi connectivity index (χ0) is 14.8. The number of anilines is 1. The quantitative estimate of drug-likeness (QED) is 0.909. The summed E-state index contributed by atoms with van der Waals surface area (Å²) in [6, 6.07) is 5.03. The number of hydrogen-bond donors (Lipinski definition) is 1. The molecule has 0 aromatic heterocycles. The Morgan fingerprint density at radius 1 is 1.45 bits per heavy atom. The lowest BCUT2D eigenvalue weighted by Crippen LogP contribution is -2.36. The second kappa shape index (κ2) is 5.82. The van der Waals surface area contributed by atoms with Crippen molar-refractivity contribution >= 4 is 23.5 Å². The molecule has 4 nitrogen and oxygen atoms in total. The SMILES string of the molecule is CC1SCCN1C(=O)Nc1ccccc1OC(F)(F)F.